The van der Waals surface area contributed by atoms with Crippen LogP contribution in [0, 0.1) is 5.82 Å². The molecule has 3 aromatic heterocycles. The Balaban J connectivity index is 1.20. The smallest absolute Gasteiger partial charge is 0.141 e. The van der Waals surface area contributed by atoms with Crippen LogP contribution in [0.15, 0.2) is 89.7 Å². The van der Waals surface area contributed by atoms with E-state index in [1.54, 1.807) is 25.7 Å². The minimum atomic E-state index is -2.04. The average molecular weight is 569 g/mol. The van der Waals surface area contributed by atoms with Crippen molar-refractivity contribution in [1.82, 2.24) is 25.1 Å². The maximum Gasteiger partial charge on any atom is 0.141 e. The highest BCUT2D eigenvalue weighted by Crippen LogP contribution is 2.34. The first kappa shape index (κ1) is 26.9. The molecule has 0 aliphatic rings. The first-order valence-corrected chi connectivity index (χ1v) is 16.1. The van der Waals surface area contributed by atoms with Crippen molar-refractivity contribution in [2.24, 2.45) is 0 Å². The molecule has 0 fully saturated rings. The number of nitrogens with zero attached hydrogens (tertiary/aromatic N) is 4. The molecule has 6 rings (SSSR count). The summed E-state index contributed by atoms with van der Waals surface area (Å²) in [6, 6.07) is 22.4. The minimum Gasteiger partial charge on any atom is -0.460 e. The maximum atomic E-state index is 13.6. The fraction of sp³-hybridized carbons (Fsp3) is 0.194. The van der Waals surface area contributed by atoms with Gasteiger partial charge in [0, 0.05) is 34.7 Å². The second-order valence-corrected chi connectivity index (χ2v) is 14.1. The zero-order chi connectivity index (χ0) is 28.4. The highest BCUT2D eigenvalue weighted by atomic mass is 31.2. The number of hydrogen-bond acceptors (Lipinski definition) is 7. The number of anilines is 2. The molecule has 0 aliphatic carbocycles. The molecule has 0 aliphatic heterocycles. The molecule has 6 aromatic rings. The van der Waals surface area contributed by atoms with Gasteiger partial charge in [-0.25, -0.2) is 14.4 Å². The number of halogens is 1. The summed E-state index contributed by atoms with van der Waals surface area (Å²) in [5.41, 5.74) is 4.40. The van der Waals surface area contributed by atoms with Gasteiger partial charge in [0.05, 0.1) is 37.5 Å². The Morgan fingerprint density at radius 2 is 1.90 bits per heavy atom. The summed E-state index contributed by atoms with van der Waals surface area (Å²) in [7, 11) is -2.04. The number of rotatable bonds is 10. The van der Waals surface area contributed by atoms with Crippen LogP contribution in [0.25, 0.3) is 33.1 Å². The van der Waals surface area contributed by atoms with Crippen molar-refractivity contribution in [3.63, 3.8) is 0 Å². The fourth-order valence-corrected chi connectivity index (χ4v) is 5.43. The van der Waals surface area contributed by atoms with E-state index in [1.807, 2.05) is 65.5 Å². The molecule has 3 heterocycles. The van der Waals surface area contributed by atoms with Gasteiger partial charge in [0.2, 0.25) is 0 Å². The van der Waals surface area contributed by atoms with Gasteiger partial charge < -0.3 is 19.6 Å². The molecule has 0 spiro atoms. The molecular weight excluding hydrogens is 538 g/mol. The average Bonchev–Trinajstić information content (AvgIpc) is 3.58. The minimum absolute atomic E-state index is 0.257. The lowest BCUT2D eigenvalue weighted by Crippen LogP contribution is -2.17. The van der Waals surface area contributed by atoms with E-state index in [2.05, 4.69) is 25.7 Å². The number of aromatic nitrogens is 4. The van der Waals surface area contributed by atoms with E-state index < -0.39 is 7.14 Å². The molecule has 0 amide bonds. The number of benzene rings is 3. The predicted octanol–water partition coefficient (Wildman–Crippen LogP) is 6.88. The largest absolute Gasteiger partial charge is 0.460 e. The summed E-state index contributed by atoms with van der Waals surface area (Å²) in [6.45, 7) is 5.34. The van der Waals surface area contributed by atoms with E-state index in [0.29, 0.717) is 31.6 Å². The van der Waals surface area contributed by atoms with Crippen LogP contribution in [-0.2, 0) is 17.7 Å². The molecule has 10 heteroatoms. The Morgan fingerprint density at radius 1 is 1.00 bits per heavy atom. The summed E-state index contributed by atoms with van der Waals surface area (Å²) in [6.07, 6.45) is 4.01. The van der Waals surface area contributed by atoms with Crippen LogP contribution in [0.2, 0.25) is 0 Å². The van der Waals surface area contributed by atoms with Gasteiger partial charge in [0.1, 0.15) is 29.5 Å². The zero-order valence-corrected chi connectivity index (χ0v) is 23.7. The first-order chi connectivity index (χ1) is 19.8. The molecule has 8 nitrogen and oxygen atoms in total. The van der Waals surface area contributed by atoms with E-state index >= 15 is 0 Å². The van der Waals surface area contributed by atoms with Gasteiger partial charge in [-0.2, -0.15) is 5.10 Å². The molecular formula is C31H30FN6O2P. The first-order valence-electron chi connectivity index (χ1n) is 13.4. The Morgan fingerprint density at radius 3 is 2.76 bits per heavy atom. The molecule has 0 bridgehead atoms. The lowest BCUT2D eigenvalue weighted by molar-refractivity contribution is 0.498. The fourth-order valence-electron chi connectivity index (χ4n) is 4.73. The number of nitrogens with one attached hydrogen (secondary N) is 2. The molecule has 208 valence electrons. The molecule has 0 saturated carbocycles. The highest BCUT2D eigenvalue weighted by Gasteiger charge is 2.12. The summed E-state index contributed by atoms with van der Waals surface area (Å²) < 4.78 is 33.5. The van der Waals surface area contributed by atoms with Crippen LogP contribution in [-0.4, -0.2) is 45.8 Å². The number of fused-ring (bicyclic) bond motifs is 2. The summed E-state index contributed by atoms with van der Waals surface area (Å²) in [5.74, 6) is 1.99. The van der Waals surface area contributed by atoms with Crippen molar-refractivity contribution in [3.8, 4) is 11.3 Å². The van der Waals surface area contributed by atoms with Gasteiger partial charge in [0.25, 0.3) is 0 Å². The van der Waals surface area contributed by atoms with Crippen molar-refractivity contribution < 1.29 is 13.4 Å². The molecule has 2 N–H and O–H groups in total. The topological polar surface area (TPSA) is 97.9 Å². The van der Waals surface area contributed by atoms with Crippen molar-refractivity contribution in [2.45, 2.75) is 13.1 Å². The number of furan rings is 1. The van der Waals surface area contributed by atoms with Crippen LogP contribution in [0.1, 0.15) is 11.3 Å². The van der Waals surface area contributed by atoms with E-state index in [1.165, 1.54) is 12.1 Å². The van der Waals surface area contributed by atoms with Gasteiger partial charge in [-0.1, -0.05) is 12.1 Å². The van der Waals surface area contributed by atoms with Gasteiger partial charge >= 0.3 is 0 Å². The second kappa shape index (κ2) is 11.3. The molecule has 0 radical (unpaired) electrons. The third-order valence-corrected chi connectivity index (χ3v) is 8.13. The Kier molecular flexibility index (Phi) is 7.39. The lowest BCUT2D eigenvalue weighted by Gasteiger charge is -2.10. The molecule has 0 unspecified atom stereocenters. The van der Waals surface area contributed by atoms with Gasteiger partial charge in [-0.15, -0.1) is 0 Å². The standard InChI is InChI=1S/C31H30FN6O2P/c1-41(2,39)13-12-33-18-26-8-11-30(40-26)22-6-9-28-27(16-22)31(35-20-34-28)37-25-7-10-29-23(15-25)17-36-38(29)19-21-4-3-5-24(32)14-21/h3-11,14-17,20,33H,12-13,18-19H2,1-2H3,(H,34,35,37). The van der Waals surface area contributed by atoms with Gasteiger partial charge in [-0.05, 0) is 79.6 Å². The molecule has 3 aromatic carbocycles. The van der Waals surface area contributed by atoms with E-state index in [-0.39, 0.29) is 5.82 Å². The van der Waals surface area contributed by atoms with E-state index in [4.69, 9.17) is 4.42 Å². The van der Waals surface area contributed by atoms with Crippen molar-refractivity contribution in [1.29, 1.82) is 0 Å². The van der Waals surface area contributed by atoms with Crippen LogP contribution >= 0.6 is 7.14 Å². The van der Waals surface area contributed by atoms with Crippen molar-refractivity contribution >= 4 is 40.5 Å². The SMILES string of the molecule is CP(C)(=O)CCNCc1ccc(-c2ccc3ncnc(Nc4ccc5c(cnn5Cc5cccc(F)c5)c4)c3c2)o1. The maximum absolute atomic E-state index is 13.6. The van der Waals surface area contributed by atoms with Gasteiger partial charge in [-0.3, -0.25) is 4.68 Å². The van der Waals surface area contributed by atoms with Crippen molar-refractivity contribution in [3.05, 3.63) is 102 Å². The Hall–Kier alpha value is -4.33. The normalized spacial score (nSPS) is 11.9. The monoisotopic (exact) mass is 568 g/mol. The Bertz CT molecular complexity index is 1890. The van der Waals surface area contributed by atoms with E-state index in [9.17, 15) is 8.96 Å². The number of hydrogen-bond donors (Lipinski definition) is 2. The summed E-state index contributed by atoms with van der Waals surface area (Å²) >= 11 is 0. The van der Waals surface area contributed by atoms with Crippen LogP contribution < -0.4 is 10.6 Å². The Labute approximate surface area is 237 Å². The molecule has 0 atom stereocenters. The van der Waals surface area contributed by atoms with Gasteiger partial charge in [0.15, 0.2) is 0 Å². The van der Waals surface area contributed by atoms with E-state index in [0.717, 1.165) is 50.1 Å². The zero-order valence-electron chi connectivity index (χ0n) is 22.8. The third-order valence-electron chi connectivity index (χ3n) is 6.83. The highest BCUT2D eigenvalue weighted by molar-refractivity contribution is 7.62. The van der Waals surface area contributed by atoms with Crippen LogP contribution in [0.5, 0.6) is 0 Å². The van der Waals surface area contributed by atoms with Crippen LogP contribution in [0.3, 0.4) is 0 Å². The molecule has 41 heavy (non-hydrogen) atoms. The molecule has 0 saturated heterocycles. The lowest BCUT2D eigenvalue weighted by atomic mass is 10.1. The quantitative estimate of drug-likeness (QED) is 0.137. The predicted molar refractivity (Wildman–Crippen MR) is 162 cm³/mol. The second-order valence-electron chi connectivity index (χ2n) is 10.5. The van der Waals surface area contributed by atoms with Crippen LogP contribution in [0.4, 0.5) is 15.9 Å². The third kappa shape index (κ3) is 6.37. The summed E-state index contributed by atoms with van der Waals surface area (Å²) in [4.78, 5) is 8.96. The summed E-state index contributed by atoms with van der Waals surface area (Å²) in [5, 5.41) is 13.1. The van der Waals surface area contributed by atoms with Crippen molar-refractivity contribution in [2.75, 3.05) is 31.4 Å².